The maximum Gasteiger partial charge on any atom is 0.120 e. The first-order valence-electron chi connectivity index (χ1n) is 5.35. The molecule has 86 valence electrons. The van der Waals surface area contributed by atoms with Crippen LogP contribution < -0.4 is 4.74 Å². The molecule has 0 aliphatic rings. The quantitative estimate of drug-likeness (QED) is 0.729. The van der Waals surface area contributed by atoms with Crippen LogP contribution in [0.15, 0.2) is 36.7 Å². The third-order valence-corrected chi connectivity index (χ3v) is 2.24. The number of aryl methyl sites for hydroxylation is 1. The van der Waals surface area contributed by atoms with Crippen molar-refractivity contribution >= 4 is 0 Å². The van der Waals surface area contributed by atoms with E-state index in [1.807, 2.05) is 18.3 Å². The third kappa shape index (κ3) is 3.31. The van der Waals surface area contributed by atoms with E-state index in [0.717, 1.165) is 18.7 Å². The lowest BCUT2D eigenvalue weighted by Gasteiger charge is -2.05. The van der Waals surface area contributed by atoms with Crippen molar-refractivity contribution in [2.45, 2.75) is 13.0 Å². The highest BCUT2D eigenvalue weighted by atomic mass is 16.5. The first kappa shape index (κ1) is 11.1. The van der Waals surface area contributed by atoms with Gasteiger partial charge in [0.1, 0.15) is 5.75 Å². The molecule has 0 spiro atoms. The molecule has 0 fully saturated rings. The van der Waals surface area contributed by atoms with Crippen LogP contribution in [0.5, 0.6) is 5.75 Å². The highest BCUT2D eigenvalue weighted by molar-refractivity contribution is 5.36. The summed E-state index contributed by atoms with van der Waals surface area (Å²) in [6, 6.07) is 9.22. The molecule has 0 amide bonds. The molecule has 5 heteroatoms. The molecule has 1 aromatic carbocycles. The Morgan fingerprint density at radius 1 is 1.41 bits per heavy atom. The number of ether oxygens (including phenoxy) is 1. The SMILES string of the molecule is N#Cc1cccc(OCCCn2ccnn2)c1. The van der Waals surface area contributed by atoms with Crippen molar-refractivity contribution in [1.82, 2.24) is 15.0 Å². The lowest BCUT2D eigenvalue weighted by molar-refractivity contribution is 0.298. The second kappa shape index (κ2) is 5.66. The smallest absolute Gasteiger partial charge is 0.120 e. The monoisotopic (exact) mass is 228 g/mol. The van der Waals surface area contributed by atoms with Crippen LogP contribution in [0.4, 0.5) is 0 Å². The van der Waals surface area contributed by atoms with Gasteiger partial charge in [-0.15, -0.1) is 5.10 Å². The summed E-state index contributed by atoms with van der Waals surface area (Å²) in [6.45, 7) is 1.37. The Hall–Kier alpha value is -2.35. The highest BCUT2D eigenvalue weighted by Gasteiger charge is 1.96. The van der Waals surface area contributed by atoms with Gasteiger partial charge in [-0.25, -0.2) is 0 Å². The minimum Gasteiger partial charge on any atom is -0.493 e. The lowest BCUT2D eigenvalue weighted by Crippen LogP contribution is -2.05. The molecule has 1 aromatic heterocycles. The van der Waals surface area contributed by atoms with Gasteiger partial charge in [0.15, 0.2) is 0 Å². The average Bonchev–Trinajstić information content (AvgIpc) is 2.88. The summed E-state index contributed by atoms with van der Waals surface area (Å²) in [7, 11) is 0. The van der Waals surface area contributed by atoms with E-state index in [2.05, 4.69) is 16.4 Å². The fraction of sp³-hybridized carbons (Fsp3) is 0.250. The number of rotatable bonds is 5. The molecule has 0 saturated heterocycles. The molecule has 0 atom stereocenters. The number of aromatic nitrogens is 3. The molecule has 2 rings (SSSR count). The van der Waals surface area contributed by atoms with Crippen LogP contribution >= 0.6 is 0 Å². The molecule has 0 N–H and O–H groups in total. The Kier molecular flexibility index (Phi) is 3.71. The van der Waals surface area contributed by atoms with Crippen molar-refractivity contribution in [3.05, 3.63) is 42.2 Å². The van der Waals surface area contributed by atoms with Gasteiger partial charge >= 0.3 is 0 Å². The highest BCUT2D eigenvalue weighted by Crippen LogP contribution is 2.12. The van der Waals surface area contributed by atoms with Crippen LogP contribution in [0.2, 0.25) is 0 Å². The normalized spacial score (nSPS) is 9.82. The van der Waals surface area contributed by atoms with E-state index in [0.29, 0.717) is 12.2 Å². The average molecular weight is 228 g/mol. The zero-order valence-corrected chi connectivity index (χ0v) is 9.28. The van der Waals surface area contributed by atoms with Gasteiger partial charge in [0, 0.05) is 19.2 Å². The van der Waals surface area contributed by atoms with Crippen LogP contribution in [0, 0.1) is 11.3 Å². The Balaban J connectivity index is 1.76. The molecular weight excluding hydrogens is 216 g/mol. The van der Waals surface area contributed by atoms with Crippen LogP contribution in [0.25, 0.3) is 0 Å². The fourth-order valence-electron chi connectivity index (χ4n) is 1.42. The van der Waals surface area contributed by atoms with E-state index >= 15 is 0 Å². The van der Waals surface area contributed by atoms with E-state index in [9.17, 15) is 0 Å². The summed E-state index contributed by atoms with van der Waals surface area (Å²) in [5, 5.41) is 16.3. The Morgan fingerprint density at radius 2 is 2.35 bits per heavy atom. The Morgan fingerprint density at radius 3 is 3.12 bits per heavy atom. The van der Waals surface area contributed by atoms with Crippen molar-refractivity contribution in [2.24, 2.45) is 0 Å². The first-order chi connectivity index (χ1) is 8.38. The van der Waals surface area contributed by atoms with Crippen molar-refractivity contribution in [3.63, 3.8) is 0 Å². The van der Waals surface area contributed by atoms with Gasteiger partial charge in [0.05, 0.1) is 24.4 Å². The van der Waals surface area contributed by atoms with Crippen LogP contribution in [-0.4, -0.2) is 21.6 Å². The van der Waals surface area contributed by atoms with E-state index < -0.39 is 0 Å². The molecule has 0 radical (unpaired) electrons. The summed E-state index contributed by atoms with van der Waals surface area (Å²) in [4.78, 5) is 0. The predicted molar refractivity (Wildman–Crippen MR) is 61.3 cm³/mol. The van der Waals surface area contributed by atoms with Gasteiger partial charge in [0.25, 0.3) is 0 Å². The second-order valence-corrected chi connectivity index (χ2v) is 3.51. The number of nitriles is 1. The van der Waals surface area contributed by atoms with Crippen molar-refractivity contribution in [1.29, 1.82) is 5.26 Å². The van der Waals surface area contributed by atoms with E-state index in [4.69, 9.17) is 10.00 Å². The number of benzene rings is 1. The summed E-state index contributed by atoms with van der Waals surface area (Å²) < 4.78 is 7.29. The molecule has 1 heterocycles. The molecule has 2 aromatic rings. The molecule has 0 aliphatic carbocycles. The minimum atomic E-state index is 0.592. The largest absolute Gasteiger partial charge is 0.493 e. The second-order valence-electron chi connectivity index (χ2n) is 3.51. The summed E-state index contributed by atoms with van der Waals surface area (Å²) >= 11 is 0. The summed E-state index contributed by atoms with van der Waals surface area (Å²) in [6.07, 6.45) is 4.31. The maximum atomic E-state index is 8.73. The summed E-state index contributed by atoms with van der Waals surface area (Å²) in [5.41, 5.74) is 0.610. The Labute approximate surface area is 99.2 Å². The minimum absolute atomic E-state index is 0.592. The van der Waals surface area contributed by atoms with E-state index in [1.54, 1.807) is 23.0 Å². The molecule has 0 bridgehead atoms. The van der Waals surface area contributed by atoms with Gasteiger partial charge in [-0.2, -0.15) is 5.26 Å². The van der Waals surface area contributed by atoms with Crippen molar-refractivity contribution < 1.29 is 4.74 Å². The van der Waals surface area contributed by atoms with Crippen LogP contribution in [-0.2, 0) is 6.54 Å². The van der Waals surface area contributed by atoms with Gasteiger partial charge in [0.2, 0.25) is 0 Å². The molecular formula is C12H12N4O. The molecule has 0 unspecified atom stereocenters. The topological polar surface area (TPSA) is 63.7 Å². The van der Waals surface area contributed by atoms with Gasteiger partial charge in [-0.1, -0.05) is 11.3 Å². The standard InChI is InChI=1S/C12H12N4O/c13-10-11-3-1-4-12(9-11)17-8-2-6-16-7-5-14-15-16/h1,3-5,7,9H,2,6,8H2. The third-order valence-electron chi connectivity index (χ3n) is 2.24. The van der Waals surface area contributed by atoms with Gasteiger partial charge in [-0.3, -0.25) is 4.68 Å². The first-order valence-corrected chi connectivity index (χ1v) is 5.35. The Bertz CT molecular complexity index is 501. The van der Waals surface area contributed by atoms with E-state index in [1.165, 1.54) is 0 Å². The molecule has 17 heavy (non-hydrogen) atoms. The number of hydrogen-bond acceptors (Lipinski definition) is 4. The molecule has 0 aliphatic heterocycles. The zero-order valence-electron chi connectivity index (χ0n) is 9.28. The van der Waals surface area contributed by atoms with Crippen molar-refractivity contribution in [2.75, 3.05) is 6.61 Å². The number of nitrogens with zero attached hydrogens (tertiary/aromatic N) is 4. The summed E-state index contributed by atoms with van der Waals surface area (Å²) in [5.74, 6) is 0.725. The van der Waals surface area contributed by atoms with Crippen LogP contribution in [0.3, 0.4) is 0 Å². The molecule has 0 saturated carbocycles. The zero-order chi connectivity index (χ0) is 11.9. The molecule has 5 nitrogen and oxygen atoms in total. The lowest BCUT2D eigenvalue weighted by atomic mass is 10.2. The van der Waals surface area contributed by atoms with E-state index in [-0.39, 0.29) is 0 Å². The van der Waals surface area contributed by atoms with Crippen LogP contribution in [0.1, 0.15) is 12.0 Å². The fourth-order valence-corrected chi connectivity index (χ4v) is 1.42. The van der Waals surface area contributed by atoms with Gasteiger partial charge in [-0.05, 0) is 18.2 Å². The van der Waals surface area contributed by atoms with Gasteiger partial charge < -0.3 is 4.74 Å². The maximum absolute atomic E-state index is 8.73. The predicted octanol–water partition coefficient (Wildman–Crippen LogP) is 1.62. The van der Waals surface area contributed by atoms with Crippen molar-refractivity contribution in [3.8, 4) is 11.8 Å². The number of hydrogen-bond donors (Lipinski definition) is 0.